The standard InChI is InChI=1S/C17H30N4O/c1-4-13(3)11-14(5-2)20-15-7-6-10-21(12-15)16-17(22)19-9-8-18-16/h8-9,13-15,20H,4-7,10-12H2,1-3H3,(H,19,22)/t13-,14+,15-/m0/s1. The second kappa shape index (κ2) is 8.32. The number of hydrogen-bond donors (Lipinski definition) is 2. The zero-order valence-corrected chi connectivity index (χ0v) is 14.1. The van der Waals surface area contributed by atoms with Gasteiger partial charge in [0, 0.05) is 37.6 Å². The van der Waals surface area contributed by atoms with E-state index in [2.05, 4.69) is 41.0 Å². The van der Waals surface area contributed by atoms with Gasteiger partial charge < -0.3 is 15.2 Å². The maximum absolute atomic E-state index is 11.9. The van der Waals surface area contributed by atoms with E-state index < -0.39 is 0 Å². The minimum Gasteiger partial charge on any atom is -0.350 e. The van der Waals surface area contributed by atoms with Crippen LogP contribution in [-0.2, 0) is 0 Å². The number of H-pyrrole nitrogens is 1. The van der Waals surface area contributed by atoms with Gasteiger partial charge in [-0.3, -0.25) is 4.79 Å². The molecule has 1 saturated heterocycles. The van der Waals surface area contributed by atoms with Gasteiger partial charge in [0.25, 0.3) is 5.56 Å². The Bertz CT molecular complexity index is 501. The Labute approximate surface area is 133 Å². The van der Waals surface area contributed by atoms with E-state index in [0.717, 1.165) is 31.8 Å². The van der Waals surface area contributed by atoms with Crippen molar-refractivity contribution in [3.63, 3.8) is 0 Å². The van der Waals surface area contributed by atoms with Gasteiger partial charge in [-0.25, -0.2) is 4.98 Å². The topological polar surface area (TPSA) is 61.0 Å². The average molecular weight is 306 g/mol. The molecule has 0 aliphatic carbocycles. The highest BCUT2D eigenvalue weighted by atomic mass is 16.1. The summed E-state index contributed by atoms with van der Waals surface area (Å²) >= 11 is 0. The lowest BCUT2D eigenvalue weighted by molar-refractivity contribution is 0.321. The van der Waals surface area contributed by atoms with E-state index in [1.807, 2.05) is 0 Å². The quantitative estimate of drug-likeness (QED) is 0.813. The molecule has 1 fully saturated rings. The Balaban J connectivity index is 1.95. The van der Waals surface area contributed by atoms with Crippen molar-refractivity contribution in [1.82, 2.24) is 15.3 Å². The molecule has 3 atom stereocenters. The molecule has 0 unspecified atom stereocenters. The van der Waals surface area contributed by atoms with E-state index >= 15 is 0 Å². The first kappa shape index (κ1) is 17.0. The van der Waals surface area contributed by atoms with Gasteiger partial charge in [-0.05, 0) is 31.6 Å². The molecule has 0 bridgehead atoms. The van der Waals surface area contributed by atoms with E-state index in [1.165, 1.54) is 19.3 Å². The molecule has 5 heteroatoms. The van der Waals surface area contributed by atoms with Crippen LogP contribution in [0, 0.1) is 5.92 Å². The fourth-order valence-electron chi connectivity index (χ4n) is 3.21. The van der Waals surface area contributed by atoms with Crippen molar-refractivity contribution >= 4 is 5.82 Å². The van der Waals surface area contributed by atoms with Crippen molar-refractivity contribution in [3.8, 4) is 0 Å². The third kappa shape index (κ3) is 4.57. The SMILES string of the molecule is CC[C@H](C)C[C@@H](CC)N[C@H]1CCCN(c2ncc[nH]c2=O)C1. The summed E-state index contributed by atoms with van der Waals surface area (Å²) in [7, 11) is 0. The molecule has 0 radical (unpaired) electrons. The van der Waals surface area contributed by atoms with Gasteiger partial charge in [0.2, 0.25) is 0 Å². The van der Waals surface area contributed by atoms with E-state index in [-0.39, 0.29) is 5.56 Å². The Morgan fingerprint density at radius 2 is 2.27 bits per heavy atom. The number of anilines is 1. The second-order valence-corrected chi connectivity index (χ2v) is 6.55. The van der Waals surface area contributed by atoms with Crippen LogP contribution in [0.3, 0.4) is 0 Å². The monoisotopic (exact) mass is 306 g/mol. The van der Waals surface area contributed by atoms with Crippen LogP contribution < -0.4 is 15.8 Å². The van der Waals surface area contributed by atoms with Crippen molar-refractivity contribution in [2.75, 3.05) is 18.0 Å². The van der Waals surface area contributed by atoms with Crippen molar-refractivity contribution in [1.29, 1.82) is 0 Å². The number of nitrogens with one attached hydrogen (secondary N) is 2. The zero-order chi connectivity index (χ0) is 15.9. The van der Waals surface area contributed by atoms with E-state index in [4.69, 9.17) is 0 Å². The summed E-state index contributed by atoms with van der Waals surface area (Å²) in [5.41, 5.74) is -0.0882. The third-order valence-corrected chi connectivity index (χ3v) is 4.76. The first-order valence-corrected chi connectivity index (χ1v) is 8.68. The van der Waals surface area contributed by atoms with Gasteiger partial charge >= 0.3 is 0 Å². The minimum absolute atomic E-state index is 0.0882. The van der Waals surface area contributed by atoms with Gasteiger partial charge in [-0.2, -0.15) is 0 Å². The summed E-state index contributed by atoms with van der Waals surface area (Å²) in [6.07, 6.45) is 9.15. The molecule has 2 N–H and O–H groups in total. The van der Waals surface area contributed by atoms with Crippen LogP contribution in [0.15, 0.2) is 17.2 Å². The Hall–Kier alpha value is -1.36. The molecule has 22 heavy (non-hydrogen) atoms. The molecule has 1 aliphatic rings. The van der Waals surface area contributed by atoms with Crippen LogP contribution >= 0.6 is 0 Å². The molecular formula is C17H30N4O. The molecule has 5 nitrogen and oxygen atoms in total. The van der Waals surface area contributed by atoms with Crippen molar-refractivity contribution in [2.24, 2.45) is 5.92 Å². The summed E-state index contributed by atoms with van der Waals surface area (Å²) in [6.45, 7) is 8.62. The van der Waals surface area contributed by atoms with Crippen LogP contribution in [0.1, 0.15) is 52.9 Å². The molecule has 2 rings (SSSR count). The largest absolute Gasteiger partial charge is 0.350 e. The lowest BCUT2D eigenvalue weighted by atomic mass is 9.96. The highest BCUT2D eigenvalue weighted by Crippen LogP contribution is 2.18. The van der Waals surface area contributed by atoms with Gasteiger partial charge in [0.15, 0.2) is 5.82 Å². The summed E-state index contributed by atoms with van der Waals surface area (Å²) in [4.78, 5) is 21.0. The Morgan fingerprint density at radius 1 is 1.45 bits per heavy atom. The highest BCUT2D eigenvalue weighted by Gasteiger charge is 2.24. The van der Waals surface area contributed by atoms with Crippen molar-refractivity contribution in [3.05, 3.63) is 22.7 Å². The van der Waals surface area contributed by atoms with Crippen LogP contribution in [0.4, 0.5) is 5.82 Å². The van der Waals surface area contributed by atoms with Crippen LogP contribution in [0.2, 0.25) is 0 Å². The predicted molar refractivity (Wildman–Crippen MR) is 91.4 cm³/mol. The molecule has 1 aliphatic heterocycles. The lowest BCUT2D eigenvalue weighted by Gasteiger charge is -2.36. The van der Waals surface area contributed by atoms with E-state index in [9.17, 15) is 4.79 Å². The van der Waals surface area contributed by atoms with Crippen molar-refractivity contribution in [2.45, 2.75) is 65.0 Å². The number of piperidine rings is 1. The molecule has 1 aromatic rings. The van der Waals surface area contributed by atoms with E-state index in [0.29, 0.717) is 17.9 Å². The summed E-state index contributed by atoms with van der Waals surface area (Å²) in [5.74, 6) is 1.32. The number of hydrogen-bond acceptors (Lipinski definition) is 4. The molecule has 0 amide bonds. The third-order valence-electron chi connectivity index (χ3n) is 4.76. The smallest absolute Gasteiger partial charge is 0.290 e. The summed E-state index contributed by atoms with van der Waals surface area (Å²) in [5, 5.41) is 3.81. The molecule has 2 heterocycles. The number of rotatable bonds is 7. The first-order valence-electron chi connectivity index (χ1n) is 8.68. The number of aromatic nitrogens is 2. The van der Waals surface area contributed by atoms with Gasteiger partial charge in [-0.1, -0.05) is 27.2 Å². The maximum Gasteiger partial charge on any atom is 0.290 e. The van der Waals surface area contributed by atoms with Crippen molar-refractivity contribution < 1.29 is 0 Å². The van der Waals surface area contributed by atoms with Gasteiger partial charge in [0.05, 0.1) is 0 Å². The molecule has 0 saturated carbocycles. The fraction of sp³-hybridized carbons (Fsp3) is 0.765. The van der Waals surface area contributed by atoms with Crippen LogP contribution in [0.5, 0.6) is 0 Å². The maximum atomic E-state index is 11.9. The fourth-order valence-corrected chi connectivity index (χ4v) is 3.21. The summed E-state index contributed by atoms with van der Waals surface area (Å²) < 4.78 is 0. The molecule has 124 valence electrons. The van der Waals surface area contributed by atoms with Crippen LogP contribution in [-0.4, -0.2) is 35.1 Å². The van der Waals surface area contributed by atoms with Crippen LogP contribution in [0.25, 0.3) is 0 Å². The normalized spacial score (nSPS) is 21.6. The second-order valence-electron chi connectivity index (χ2n) is 6.55. The van der Waals surface area contributed by atoms with Gasteiger partial charge in [0.1, 0.15) is 0 Å². The zero-order valence-electron chi connectivity index (χ0n) is 14.1. The Kier molecular flexibility index (Phi) is 6.43. The predicted octanol–water partition coefficient (Wildman–Crippen LogP) is 2.54. The molecular weight excluding hydrogens is 276 g/mol. The first-order chi connectivity index (χ1) is 10.6. The Morgan fingerprint density at radius 3 is 2.95 bits per heavy atom. The molecule has 0 aromatic carbocycles. The lowest BCUT2D eigenvalue weighted by Crippen LogP contribution is -2.50. The highest BCUT2D eigenvalue weighted by molar-refractivity contribution is 5.36. The van der Waals surface area contributed by atoms with E-state index in [1.54, 1.807) is 12.4 Å². The number of aromatic amines is 1. The number of nitrogens with zero attached hydrogens (tertiary/aromatic N) is 2. The average Bonchev–Trinajstić information content (AvgIpc) is 2.54. The van der Waals surface area contributed by atoms with Gasteiger partial charge in [-0.15, -0.1) is 0 Å². The minimum atomic E-state index is -0.0882. The molecule has 1 aromatic heterocycles. The molecule has 0 spiro atoms. The summed E-state index contributed by atoms with van der Waals surface area (Å²) in [6, 6.07) is 1.02.